The second-order valence-electron chi connectivity index (χ2n) is 4.69. The van der Waals surface area contributed by atoms with Crippen molar-refractivity contribution >= 4 is 16.5 Å². The number of nitrogens with two attached hydrogens (primary N) is 1. The van der Waals surface area contributed by atoms with Crippen molar-refractivity contribution in [3.8, 4) is 5.75 Å². The molecule has 106 valence electrons. The molecule has 1 atom stereocenters. The third-order valence-electron chi connectivity index (χ3n) is 2.87. The van der Waals surface area contributed by atoms with Gasteiger partial charge in [-0.1, -0.05) is 29.8 Å². The number of rotatable bonds is 6. The minimum atomic E-state index is -0.907. The van der Waals surface area contributed by atoms with Crippen molar-refractivity contribution in [2.75, 3.05) is 18.1 Å². The zero-order valence-electron chi connectivity index (χ0n) is 11.5. The standard InChI is InChI=1S/C16H19NO2S/c1-13-3-2-4-14(11-13)12-20(18)10-9-19-16-7-5-15(17)6-8-16/h2-8,11H,9-10,12,17H2,1H3. The number of hydrogen-bond acceptors (Lipinski definition) is 3. The van der Waals surface area contributed by atoms with Gasteiger partial charge >= 0.3 is 0 Å². The van der Waals surface area contributed by atoms with Gasteiger partial charge in [-0.05, 0) is 36.8 Å². The molecule has 20 heavy (non-hydrogen) atoms. The van der Waals surface area contributed by atoms with Crippen LogP contribution < -0.4 is 10.5 Å². The highest BCUT2D eigenvalue weighted by Gasteiger charge is 2.03. The molecule has 2 N–H and O–H groups in total. The summed E-state index contributed by atoms with van der Waals surface area (Å²) in [5.41, 5.74) is 8.61. The molecule has 0 aromatic heterocycles. The number of anilines is 1. The number of nitrogen functional groups attached to an aromatic ring is 1. The van der Waals surface area contributed by atoms with Gasteiger partial charge < -0.3 is 10.5 Å². The number of hydrogen-bond donors (Lipinski definition) is 1. The molecule has 0 aliphatic carbocycles. The van der Waals surface area contributed by atoms with E-state index < -0.39 is 10.8 Å². The van der Waals surface area contributed by atoms with Gasteiger partial charge in [-0.25, -0.2) is 0 Å². The van der Waals surface area contributed by atoms with Crippen LogP contribution in [0.4, 0.5) is 5.69 Å². The predicted octanol–water partition coefficient (Wildman–Crippen LogP) is 2.90. The van der Waals surface area contributed by atoms with E-state index in [1.54, 1.807) is 12.1 Å². The Bertz CT molecular complexity index is 581. The summed E-state index contributed by atoms with van der Waals surface area (Å²) < 4.78 is 17.5. The third kappa shape index (κ3) is 4.70. The van der Waals surface area contributed by atoms with Crippen LogP contribution in [0.5, 0.6) is 5.75 Å². The molecule has 0 heterocycles. The van der Waals surface area contributed by atoms with Crippen molar-refractivity contribution in [1.29, 1.82) is 0 Å². The second kappa shape index (κ2) is 7.10. The lowest BCUT2D eigenvalue weighted by Gasteiger charge is -2.07. The molecule has 0 saturated carbocycles. The van der Waals surface area contributed by atoms with Gasteiger partial charge in [0.1, 0.15) is 5.75 Å². The van der Waals surface area contributed by atoms with Crippen LogP contribution in [0.1, 0.15) is 11.1 Å². The molecule has 0 saturated heterocycles. The zero-order valence-corrected chi connectivity index (χ0v) is 12.4. The molecular weight excluding hydrogens is 270 g/mol. The Labute approximate surface area is 122 Å². The maximum atomic E-state index is 12.0. The Kier molecular flexibility index (Phi) is 5.18. The average molecular weight is 289 g/mol. The van der Waals surface area contributed by atoms with Crippen LogP contribution in [-0.4, -0.2) is 16.6 Å². The third-order valence-corrected chi connectivity index (χ3v) is 4.15. The van der Waals surface area contributed by atoms with Crippen LogP contribution in [0, 0.1) is 6.92 Å². The topological polar surface area (TPSA) is 52.3 Å². The Morgan fingerprint density at radius 2 is 1.90 bits per heavy atom. The van der Waals surface area contributed by atoms with Crippen molar-refractivity contribution in [2.24, 2.45) is 0 Å². The summed E-state index contributed by atoms with van der Waals surface area (Å²) in [5, 5.41) is 0. The summed E-state index contributed by atoms with van der Waals surface area (Å²) in [6.07, 6.45) is 0. The summed E-state index contributed by atoms with van der Waals surface area (Å²) in [5.74, 6) is 1.86. The fourth-order valence-corrected chi connectivity index (χ4v) is 2.84. The van der Waals surface area contributed by atoms with Crippen LogP contribution in [0.15, 0.2) is 48.5 Å². The first-order valence-corrected chi connectivity index (χ1v) is 8.01. The molecule has 3 nitrogen and oxygen atoms in total. The summed E-state index contributed by atoms with van der Waals surface area (Å²) in [6, 6.07) is 15.3. The van der Waals surface area contributed by atoms with E-state index >= 15 is 0 Å². The van der Waals surface area contributed by atoms with Crippen molar-refractivity contribution in [3.05, 3.63) is 59.7 Å². The molecule has 0 aliphatic rings. The van der Waals surface area contributed by atoms with E-state index in [1.807, 2.05) is 37.3 Å². The number of ether oxygens (including phenoxy) is 1. The fraction of sp³-hybridized carbons (Fsp3) is 0.250. The molecule has 2 aromatic rings. The molecule has 0 fully saturated rings. The first-order valence-electron chi connectivity index (χ1n) is 6.52. The van der Waals surface area contributed by atoms with Gasteiger partial charge in [0.25, 0.3) is 0 Å². The van der Waals surface area contributed by atoms with E-state index in [2.05, 4.69) is 6.07 Å². The van der Waals surface area contributed by atoms with E-state index in [0.29, 0.717) is 23.8 Å². The normalized spacial score (nSPS) is 12.1. The van der Waals surface area contributed by atoms with E-state index in [0.717, 1.165) is 11.3 Å². The van der Waals surface area contributed by atoms with Crippen molar-refractivity contribution in [2.45, 2.75) is 12.7 Å². The lowest BCUT2D eigenvalue weighted by molar-refractivity contribution is 0.342. The number of aryl methyl sites for hydroxylation is 1. The molecule has 2 aromatic carbocycles. The van der Waals surface area contributed by atoms with Crippen LogP contribution in [-0.2, 0) is 16.6 Å². The number of benzene rings is 2. The minimum absolute atomic E-state index is 0.447. The molecular formula is C16H19NO2S. The molecule has 0 aliphatic heterocycles. The molecule has 0 bridgehead atoms. The van der Waals surface area contributed by atoms with Crippen LogP contribution in [0.25, 0.3) is 0 Å². The molecule has 4 heteroatoms. The quantitative estimate of drug-likeness (QED) is 0.832. The van der Waals surface area contributed by atoms with Gasteiger partial charge in [0.2, 0.25) is 0 Å². The fourth-order valence-electron chi connectivity index (χ4n) is 1.88. The summed E-state index contributed by atoms with van der Waals surface area (Å²) >= 11 is 0. The van der Waals surface area contributed by atoms with Gasteiger partial charge in [0.15, 0.2) is 0 Å². The van der Waals surface area contributed by atoms with Gasteiger partial charge in [-0.15, -0.1) is 0 Å². The van der Waals surface area contributed by atoms with E-state index in [1.165, 1.54) is 5.56 Å². The molecule has 0 amide bonds. The lowest BCUT2D eigenvalue weighted by Crippen LogP contribution is -2.10. The highest BCUT2D eigenvalue weighted by atomic mass is 32.2. The van der Waals surface area contributed by atoms with Crippen LogP contribution in [0.3, 0.4) is 0 Å². The lowest BCUT2D eigenvalue weighted by atomic mass is 10.2. The van der Waals surface area contributed by atoms with Crippen molar-refractivity contribution in [1.82, 2.24) is 0 Å². The van der Waals surface area contributed by atoms with Crippen LogP contribution >= 0.6 is 0 Å². The average Bonchev–Trinajstić information content (AvgIpc) is 2.41. The van der Waals surface area contributed by atoms with Gasteiger partial charge in [-0.2, -0.15) is 0 Å². The maximum absolute atomic E-state index is 12.0. The van der Waals surface area contributed by atoms with E-state index in [-0.39, 0.29) is 0 Å². The Morgan fingerprint density at radius 3 is 2.60 bits per heavy atom. The monoisotopic (exact) mass is 289 g/mol. The Hall–Kier alpha value is -1.81. The first kappa shape index (κ1) is 14.6. The highest BCUT2D eigenvalue weighted by molar-refractivity contribution is 7.84. The largest absolute Gasteiger partial charge is 0.493 e. The highest BCUT2D eigenvalue weighted by Crippen LogP contribution is 2.13. The molecule has 1 unspecified atom stereocenters. The Morgan fingerprint density at radius 1 is 1.15 bits per heavy atom. The predicted molar refractivity (Wildman–Crippen MR) is 84.2 cm³/mol. The van der Waals surface area contributed by atoms with Crippen molar-refractivity contribution < 1.29 is 8.95 Å². The van der Waals surface area contributed by atoms with E-state index in [4.69, 9.17) is 10.5 Å². The first-order chi connectivity index (χ1) is 9.63. The second-order valence-corrected chi connectivity index (χ2v) is 6.27. The van der Waals surface area contributed by atoms with Gasteiger partial charge in [0.05, 0.1) is 12.4 Å². The minimum Gasteiger partial charge on any atom is -0.493 e. The van der Waals surface area contributed by atoms with Crippen LogP contribution in [0.2, 0.25) is 0 Å². The van der Waals surface area contributed by atoms with Gasteiger partial charge in [-0.3, -0.25) is 4.21 Å². The summed E-state index contributed by atoms with van der Waals surface area (Å²) in [4.78, 5) is 0. The van der Waals surface area contributed by atoms with Crippen molar-refractivity contribution in [3.63, 3.8) is 0 Å². The smallest absolute Gasteiger partial charge is 0.119 e. The SMILES string of the molecule is Cc1cccc(CS(=O)CCOc2ccc(N)cc2)c1. The Balaban J connectivity index is 1.76. The zero-order chi connectivity index (χ0) is 14.4. The summed E-state index contributed by atoms with van der Waals surface area (Å²) in [7, 11) is -0.907. The summed E-state index contributed by atoms with van der Waals surface area (Å²) in [6.45, 7) is 2.49. The van der Waals surface area contributed by atoms with Gasteiger partial charge in [0, 0.05) is 22.2 Å². The maximum Gasteiger partial charge on any atom is 0.119 e. The molecule has 0 spiro atoms. The van der Waals surface area contributed by atoms with E-state index in [9.17, 15) is 4.21 Å². The molecule has 0 radical (unpaired) electrons. The molecule has 2 rings (SSSR count).